The summed E-state index contributed by atoms with van der Waals surface area (Å²) in [5.74, 6) is 1.21. The van der Waals surface area contributed by atoms with Crippen LogP contribution in [0.25, 0.3) is 0 Å². The second kappa shape index (κ2) is 6.43. The molecule has 2 heterocycles. The van der Waals surface area contributed by atoms with Gasteiger partial charge in [0.1, 0.15) is 5.82 Å². The molecule has 0 radical (unpaired) electrons. The number of nitrogens with two attached hydrogens (primary N) is 1. The van der Waals surface area contributed by atoms with Gasteiger partial charge >= 0.3 is 0 Å². The summed E-state index contributed by atoms with van der Waals surface area (Å²) in [6.45, 7) is 4.81. The van der Waals surface area contributed by atoms with Gasteiger partial charge in [0.25, 0.3) is 10.0 Å². The molecule has 2 atom stereocenters. The lowest BCUT2D eigenvalue weighted by Gasteiger charge is -2.36. The van der Waals surface area contributed by atoms with Crippen molar-refractivity contribution in [1.29, 1.82) is 0 Å². The largest absolute Gasteiger partial charge is 0.337 e. The van der Waals surface area contributed by atoms with E-state index < -0.39 is 10.0 Å². The fourth-order valence-electron chi connectivity index (χ4n) is 2.53. The second-order valence-corrected chi connectivity index (χ2v) is 7.21. The average molecular weight is 323 g/mol. The Bertz CT molecular complexity index is 538. The van der Waals surface area contributed by atoms with E-state index >= 15 is 0 Å². The van der Waals surface area contributed by atoms with Gasteiger partial charge in [-0.25, -0.2) is 13.4 Å². The normalized spacial score (nSPS) is 24.4. The Morgan fingerprint density at radius 2 is 2.15 bits per heavy atom. The van der Waals surface area contributed by atoms with Crippen molar-refractivity contribution in [3.05, 3.63) is 12.0 Å². The third-order valence-corrected chi connectivity index (χ3v) is 5.68. The summed E-state index contributed by atoms with van der Waals surface area (Å²) in [5, 5.41) is 0.125. The number of aryl methyl sites for hydroxylation is 2. The zero-order valence-corrected chi connectivity index (χ0v) is 13.7. The van der Waals surface area contributed by atoms with E-state index in [1.165, 1.54) is 4.31 Å². The first-order chi connectivity index (χ1) is 8.86. The summed E-state index contributed by atoms with van der Waals surface area (Å²) < 4.78 is 28.5. The molecule has 20 heavy (non-hydrogen) atoms. The highest BCUT2D eigenvalue weighted by atomic mass is 35.5. The Kier molecular flexibility index (Phi) is 5.60. The highest BCUT2D eigenvalue weighted by Gasteiger charge is 2.36. The van der Waals surface area contributed by atoms with Crippen molar-refractivity contribution in [2.24, 2.45) is 18.7 Å². The van der Waals surface area contributed by atoms with Crippen LogP contribution in [-0.2, 0) is 17.1 Å². The number of rotatable bonds is 3. The van der Waals surface area contributed by atoms with Gasteiger partial charge in [-0.05, 0) is 25.7 Å². The van der Waals surface area contributed by atoms with Crippen LogP contribution in [0.15, 0.2) is 11.2 Å². The van der Waals surface area contributed by atoms with Gasteiger partial charge in [0.15, 0.2) is 5.03 Å². The molecule has 6 nitrogen and oxygen atoms in total. The van der Waals surface area contributed by atoms with Crippen molar-refractivity contribution >= 4 is 22.4 Å². The number of hydrogen-bond donors (Lipinski definition) is 1. The molecule has 0 amide bonds. The van der Waals surface area contributed by atoms with Crippen molar-refractivity contribution < 1.29 is 8.42 Å². The zero-order valence-electron chi connectivity index (χ0n) is 12.1. The van der Waals surface area contributed by atoms with E-state index in [1.807, 2.05) is 0 Å². The van der Waals surface area contributed by atoms with Gasteiger partial charge in [0.05, 0.1) is 0 Å². The molecule has 1 saturated heterocycles. The third kappa shape index (κ3) is 3.16. The number of aromatic nitrogens is 2. The maximum absolute atomic E-state index is 12.6. The Morgan fingerprint density at radius 3 is 2.65 bits per heavy atom. The van der Waals surface area contributed by atoms with Crippen LogP contribution in [0.3, 0.4) is 0 Å². The lowest BCUT2D eigenvalue weighted by Crippen LogP contribution is -2.49. The van der Waals surface area contributed by atoms with Crippen molar-refractivity contribution in [2.75, 3.05) is 13.1 Å². The third-order valence-electron chi connectivity index (χ3n) is 3.86. The lowest BCUT2D eigenvalue weighted by molar-refractivity contribution is 0.210. The van der Waals surface area contributed by atoms with Crippen LogP contribution in [0.5, 0.6) is 0 Å². The number of sulfonamides is 1. The Balaban J connectivity index is 0.00000200. The fourth-order valence-corrected chi connectivity index (χ4v) is 4.22. The number of hydrogen-bond acceptors (Lipinski definition) is 4. The molecule has 8 heteroatoms. The van der Waals surface area contributed by atoms with Crippen molar-refractivity contribution in [2.45, 2.75) is 37.8 Å². The minimum Gasteiger partial charge on any atom is -0.337 e. The maximum Gasteiger partial charge on any atom is 0.262 e. The van der Waals surface area contributed by atoms with Crippen LogP contribution in [0.1, 0.15) is 25.6 Å². The summed E-state index contributed by atoms with van der Waals surface area (Å²) in [5.41, 5.74) is 5.73. The average Bonchev–Trinajstić information content (AvgIpc) is 2.70. The van der Waals surface area contributed by atoms with Crippen LogP contribution < -0.4 is 5.73 Å². The van der Waals surface area contributed by atoms with Gasteiger partial charge in [-0.3, -0.25) is 0 Å². The van der Waals surface area contributed by atoms with Crippen LogP contribution >= 0.6 is 12.4 Å². The predicted molar refractivity (Wildman–Crippen MR) is 80.3 cm³/mol. The summed E-state index contributed by atoms with van der Waals surface area (Å²) >= 11 is 0. The molecule has 0 aromatic carbocycles. The van der Waals surface area contributed by atoms with Crippen LogP contribution in [0.2, 0.25) is 0 Å². The number of imidazole rings is 1. The molecule has 2 N–H and O–H groups in total. The van der Waals surface area contributed by atoms with E-state index in [0.717, 1.165) is 12.8 Å². The molecule has 1 fully saturated rings. The lowest BCUT2D eigenvalue weighted by atomic mass is 9.94. The highest BCUT2D eigenvalue weighted by Crippen LogP contribution is 2.27. The maximum atomic E-state index is 12.6. The van der Waals surface area contributed by atoms with E-state index in [2.05, 4.69) is 11.9 Å². The molecule has 2 rings (SSSR count). The highest BCUT2D eigenvalue weighted by molar-refractivity contribution is 7.89. The molecule has 1 aromatic rings. The quantitative estimate of drug-likeness (QED) is 0.896. The Hall–Kier alpha value is -0.630. The number of halogens is 1. The smallest absolute Gasteiger partial charge is 0.262 e. The van der Waals surface area contributed by atoms with Gasteiger partial charge in [0.2, 0.25) is 0 Å². The second-order valence-electron chi connectivity index (χ2n) is 5.37. The number of nitrogens with zero attached hydrogens (tertiary/aromatic N) is 3. The Labute approximate surface area is 126 Å². The van der Waals surface area contributed by atoms with E-state index in [9.17, 15) is 8.42 Å². The van der Waals surface area contributed by atoms with Crippen molar-refractivity contribution in [3.63, 3.8) is 0 Å². The zero-order chi connectivity index (χ0) is 14.2. The van der Waals surface area contributed by atoms with E-state index in [0.29, 0.717) is 24.8 Å². The van der Waals surface area contributed by atoms with Crippen LogP contribution in [-0.4, -0.2) is 41.4 Å². The first-order valence-corrected chi connectivity index (χ1v) is 8.02. The van der Waals surface area contributed by atoms with E-state index in [1.54, 1.807) is 24.7 Å². The molecule has 1 aromatic heterocycles. The first kappa shape index (κ1) is 17.4. The van der Waals surface area contributed by atoms with Crippen LogP contribution in [0, 0.1) is 12.8 Å². The van der Waals surface area contributed by atoms with Gasteiger partial charge in [-0.15, -0.1) is 12.4 Å². The standard InChI is InChI=1S/C12H22N4O2S.ClH/c1-9-4-5-16(11(6-9)7-13)19(17,18)12-8-15(3)10(2)14-12;/h8-9,11H,4-7,13H2,1-3H3;1H. The van der Waals surface area contributed by atoms with Gasteiger partial charge < -0.3 is 10.3 Å². The molecule has 0 bridgehead atoms. The van der Waals surface area contributed by atoms with Crippen molar-refractivity contribution in [3.8, 4) is 0 Å². The molecular weight excluding hydrogens is 300 g/mol. The number of piperidine rings is 1. The Morgan fingerprint density at radius 1 is 1.50 bits per heavy atom. The SMILES string of the molecule is Cc1nc(S(=O)(=O)N2CCC(C)CC2CN)cn1C.Cl. The van der Waals surface area contributed by atoms with E-state index in [4.69, 9.17) is 5.73 Å². The van der Waals surface area contributed by atoms with E-state index in [-0.39, 0.29) is 23.5 Å². The molecule has 0 saturated carbocycles. The molecule has 1 aliphatic heterocycles. The monoisotopic (exact) mass is 322 g/mol. The first-order valence-electron chi connectivity index (χ1n) is 6.58. The summed E-state index contributed by atoms with van der Waals surface area (Å²) in [6.07, 6.45) is 3.26. The summed E-state index contributed by atoms with van der Waals surface area (Å²) in [4.78, 5) is 4.14. The molecule has 0 spiro atoms. The fraction of sp³-hybridized carbons (Fsp3) is 0.750. The molecule has 1 aliphatic rings. The topological polar surface area (TPSA) is 81.2 Å². The molecule has 0 aliphatic carbocycles. The van der Waals surface area contributed by atoms with Crippen molar-refractivity contribution in [1.82, 2.24) is 13.9 Å². The van der Waals surface area contributed by atoms with Gasteiger partial charge in [-0.1, -0.05) is 6.92 Å². The van der Waals surface area contributed by atoms with Crippen LogP contribution in [0.4, 0.5) is 0 Å². The molecule has 2 unspecified atom stereocenters. The minimum absolute atomic E-state index is 0. The molecule has 116 valence electrons. The summed E-state index contributed by atoms with van der Waals surface area (Å²) in [7, 11) is -1.74. The van der Waals surface area contributed by atoms with Gasteiger partial charge in [0, 0.05) is 32.4 Å². The van der Waals surface area contributed by atoms with Gasteiger partial charge in [-0.2, -0.15) is 4.31 Å². The molecular formula is C12H23ClN4O2S. The predicted octanol–water partition coefficient (Wildman–Crippen LogP) is 0.898. The summed E-state index contributed by atoms with van der Waals surface area (Å²) in [6, 6.07) is -0.115. The minimum atomic E-state index is -3.53.